The number of fused-ring (bicyclic) bond motifs is 1. The predicted molar refractivity (Wildman–Crippen MR) is 100 cm³/mol. The second-order valence-corrected chi connectivity index (χ2v) is 7.34. The lowest BCUT2D eigenvalue weighted by Crippen LogP contribution is -2.31. The van der Waals surface area contributed by atoms with Gasteiger partial charge in [-0.25, -0.2) is 9.38 Å². The van der Waals surface area contributed by atoms with E-state index in [1.165, 1.54) is 12.1 Å². The summed E-state index contributed by atoms with van der Waals surface area (Å²) >= 11 is 0. The van der Waals surface area contributed by atoms with E-state index in [1.807, 2.05) is 6.07 Å². The third-order valence-electron chi connectivity index (χ3n) is 4.80. The number of rotatable bonds is 6. The number of aromatic nitrogens is 1. The molecule has 2 heterocycles. The Labute approximate surface area is 157 Å². The monoisotopic (exact) mass is 370 g/mol. The van der Waals surface area contributed by atoms with E-state index in [4.69, 9.17) is 4.74 Å². The van der Waals surface area contributed by atoms with E-state index in [0.717, 1.165) is 16.7 Å². The molecule has 1 atom stereocenters. The molecule has 0 radical (unpaired) electrons. The summed E-state index contributed by atoms with van der Waals surface area (Å²) in [5.74, 6) is -0.249. The fourth-order valence-corrected chi connectivity index (χ4v) is 3.36. The van der Waals surface area contributed by atoms with Gasteiger partial charge >= 0.3 is 0 Å². The number of pyridine rings is 1. The van der Waals surface area contributed by atoms with Gasteiger partial charge in [-0.1, -0.05) is 12.1 Å². The highest BCUT2D eigenvalue weighted by atomic mass is 19.1. The van der Waals surface area contributed by atoms with E-state index in [0.29, 0.717) is 18.1 Å². The SMILES string of the molecule is COC1=NCc2cc(CC(=O)CC(c3ccc(F)cc3)C(C)(C)O)ncc21. The van der Waals surface area contributed by atoms with Gasteiger partial charge < -0.3 is 9.84 Å². The van der Waals surface area contributed by atoms with Gasteiger partial charge in [0.2, 0.25) is 5.90 Å². The van der Waals surface area contributed by atoms with Crippen molar-refractivity contribution in [1.29, 1.82) is 0 Å². The molecule has 3 rings (SSSR count). The molecule has 1 aromatic carbocycles. The van der Waals surface area contributed by atoms with Gasteiger partial charge in [0.1, 0.15) is 11.6 Å². The maximum absolute atomic E-state index is 13.2. The molecule has 0 fully saturated rings. The van der Waals surface area contributed by atoms with Crippen LogP contribution in [0.4, 0.5) is 4.39 Å². The van der Waals surface area contributed by atoms with Crippen LogP contribution in [0.25, 0.3) is 0 Å². The lowest BCUT2D eigenvalue weighted by Gasteiger charge is -2.29. The highest BCUT2D eigenvalue weighted by Crippen LogP contribution is 2.32. The zero-order chi connectivity index (χ0) is 19.6. The average Bonchev–Trinajstić information content (AvgIpc) is 3.02. The third kappa shape index (κ3) is 4.39. The fraction of sp³-hybridized carbons (Fsp3) is 0.381. The Bertz CT molecular complexity index is 870. The number of Topliss-reactive ketones (excluding diaryl/α,β-unsaturated/α-hetero) is 1. The number of carbonyl (C=O) groups excluding carboxylic acids is 1. The van der Waals surface area contributed by atoms with Crippen LogP contribution in [0.3, 0.4) is 0 Å². The number of aliphatic imine (C=N–C) groups is 1. The first-order valence-corrected chi connectivity index (χ1v) is 8.84. The molecule has 142 valence electrons. The molecule has 1 aliphatic rings. The Morgan fingerprint density at radius 1 is 1.33 bits per heavy atom. The van der Waals surface area contributed by atoms with Gasteiger partial charge in [0.25, 0.3) is 0 Å². The molecule has 27 heavy (non-hydrogen) atoms. The molecule has 1 N–H and O–H groups in total. The Morgan fingerprint density at radius 3 is 2.67 bits per heavy atom. The molecule has 1 aromatic heterocycles. The Kier molecular flexibility index (Phi) is 5.37. The first-order valence-electron chi connectivity index (χ1n) is 8.84. The van der Waals surface area contributed by atoms with Crippen molar-refractivity contribution in [3.8, 4) is 0 Å². The van der Waals surface area contributed by atoms with Gasteiger partial charge in [0.15, 0.2) is 0 Å². The summed E-state index contributed by atoms with van der Waals surface area (Å²) in [6, 6.07) is 7.78. The second kappa shape index (κ2) is 7.56. The van der Waals surface area contributed by atoms with Gasteiger partial charge in [-0.3, -0.25) is 9.78 Å². The number of ketones is 1. The topological polar surface area (TPSA) is 71.8 Å². The standard InChI is InChI=1S/C21H23FN2O3/c1-21(2,26)19(13-4-6-15(22)7-5-13)10-17(25)9-16-8-14-11-24-20(27-3)18(14)12-23-16/h4-8,12,19,26H,9-11H2,1-3H3. The summed E-state index contributed by atoms with van der Waals surface area (Å²) < 4.78 is 18.4. The number of carbonyl (C=O) groups is 1. The lowest BCUT2D eigenvalue weighted by atomic mass is 9.80. The maximum atomic E-state index is 13.2. The number of ether oxygens (including phenoxy) is 1. The number of hydrogen-bond acceptors (Lipinski definition) is 5. The summed E-state index contributed by atoms with van der Waals surface area (Å²) in [7, 11) is 1.57. The summed E-state index contributed by atoms with van der Waals surface area (Å²) in [5, 5.41) is 10.5. The molecule has 5 nitrogen and oxygen atoms in total. The van der Waals surface area contributed by atoms with Crippen LogP contribution in [0, 0.1) is 5.82 Å². The van der Waals surface area contributed by atoms with Crippen LogP contribution in [-0.4, -0.2) is 34.5 Å². The van der Waals surface area contributed by atoms with E-state index >= 15 is 0 Å². The van der Waals surface area contributed by atoms with Crippen molar-refractivity contribution in [2.45, 2.75) is 44.8 Å². The normalized spacial score (nSPS) is 14.5. The zero-order valence-corrected chi connectivity index (χ0v) is 15.7. The van der Waals surface area contributed by atoms with Crippen molar-refractivity contribution >= 4 is 11.7 Å². The summed E-state index contributed by atoms with van der Waals surface area (Å²) in [4.78, 5) is 21.3. The highest BCUT2D eigenvalue weighted by Gasteiger charge is 2.30. The minimum atomic E-state index is -1.11. The molecule has 6 heteroatoms. The zero-order valence-electron chi connectivity index (χ0n) is 15.7. The molecule has 0 saturated heterocycles. The number of aliphatic hydroxyl groups is 1. The van der Waals surface area contributed by atoms with Crippen molar-refractivity contribution in [3.63, 3.8) is 0 Å². The van der Waals surface area contributed by atoms with Gasteiger partial charge in [0, 0.05) is 30.7 Å². The van der Waals surface area contributed by atoms with E-state index in [1.54, 1.807) is 39.3 Å². The molecule has 0 amide bonds. The van der Waals surface area contributed by atoms with Crippen LogP contribution in [0.1, 0.15) is 48.6 Å². The summed E-state index contributed by atoms with van der Waals surface area (Å²) in [6.45, 7) is 3.83. The van der Waals surface area contributed by atoms with E-state index in [2.05, 4.69) is 9.98 Å². The maximum Gasteiger partial charge on any atom is 0.218 e. The minimum Gasteiger partial charge on any atom is -0.481 e. The van der Waals surface area contributed by atoms with Crippen molar-refractivity contribution < 1.29 is 19.0 Å². The van der Waals surface area contributed by atoms with Crippen LogP contribution in [0.5, 0.6) is 0 Å². The number of halogens is 1. The first-order chi connectivity index (χ1) is 12.8. The van der Waals surface area contributed by atoms with E-state index in [-0.39, 0.29) is 24.4 Å². The second-order valence-electron chi connectivity index (χ2n) is 7.34. The molecule has 0 bridgehead atoms. The number of benzene rings is 1. The molecule has 0 saturated carbocycles. The smallest absolute Gasteiger partial charge is 0.218 e. The Balaban J connectivity index is 1.73. The average molecular weight is 370 g/mol. The highest BCUT2D eigenvalue weighted by molar-refractivity contribution is 5.97. The Morgan fingerprint density at radius 2 is 2.04 bits per heavy atom. The fourth-order valence-electron chi connectivity index (χ4n) is 3.36. The van der Waals surface area contributed by atoms with Crippen LogP contribution in [0.2, 0.25) is 0 Å². The van der Waals surface area contributed by atoms with Gasteiger partial charge in [-0.15, -0.1) is 0 Å². The molecular weight excluding hydrogens is 347 g/mol. The molecule has 1 unspecified atom stereocenters. The van der Waals surface area contributed by atoms with Crippen LogP contribution in [0.15, 0.2) is 41.5 Å². The molecule has 0 aliphatic carbocycles. The quantitative estimate of drug-likeness (QED) is 0.848. The van der Waals surface area contributed by atoms with E-state index < -0.39 is 11.5 Å². The van der Waals surface area contributed by atoms with Gasteiger partial charge in [0.05, 0.1) is 24.8 Å². The first kappa shape index (κ1) is 19.2. The molecule has 2 aromatic rings. The molecule has 1 aliphatic heterocycles. The summed E-state index contributed by atoms with van der Waals surface area (Å²) in [5.41, 5.74) is 2.13. The Hall–Kier alpha value is -2.60. The van der Waals surface area contributed by atoms with Crippen molar-refractivity contribution in [2.75, 3.05) is 7.11 Å². The van der Waals surface area contributed by atoms with Crippen molar-refractivity contribution in [2.24, 2.45) is 4.99 Å². The lowest BCUT2D eigenvalue weighted by molar-refractivity contribution is -0.120. The van der Waals surface area contributed by atoms with Gasteiger partial charge in [-0.05, 0) is 43.2 Å². The van der Waals surface area contributed by atoms with Crippen molar-refractivity contribution in [3.05, 3.63) is 64.7 Å². The van der Waals surface area contributed by atoms with Crippen LogP contribution in [-0.2, 0) is 22.5 Å². The molecular formula is C21H23FN2O3. The van der Waals surface area contributed by atoms with Crippen molar-refractivity contribution in [1.82, 2.24) is 4.98 Å². The molecule has 0 spiro atoms. The largest absolute Gasteiger partial charge is 0.481 e. The number of hydrogen-bond donors (Lipinski definition) is 1. The van der Waals surface area contributed by atoms with Crippen LogP contribution < -0.4 is 0 Å². The van der Waals surface area contributed by atoms with E-state index in [9.17, 15) is 14.3 Å². The number of methoxy groups -OCH3 is 1. The van der Waals surface area contributed by atoms with Gasteiger partial charge in [-0.2, -0.15) is 0 Å². The predicted octanol–water partition coefficient (Wildman–Crippen LogP) is 3.18. The third-order valence-corrected chi connectivity index (χ3v) is 4.80. The summed E-state index contributed by atoms with van der Waals surface area (Å²) in [6.07, 6.45) is 2.00. The number of nitrogens with zero attached hydrogens (tertiary/aromatic N) is 2. The minimum absolute atomic E-state index is 0.0372. The van der Waals surface area contributed by atoms with Crippen LogP contribution >= 0.6 is 0 Å².